The molecule has 2 aliphatic rings. The van der Waals surface area contributed by atoms with E-state index in [1.165, 1.54) is 11.9 Å². The van der Waals surface area contributed by atoms with E-state index in [1.807, 2.05) is 0 Å². The molecule has 0 aromatic heterocycles. The molecule has 1 fully saturated rings. The average Bonchev–Trinajstić information content (AvgIpc) is 2.99. The molecule has 7 nitrogen and oxygen atoms in total. The highest BCUT2D eigenvalue weighted by Crippen LogP contribution is 2.32. The van der Waals surface area contributed by atoms with Crippen LogP contribution in [0.25, 0.3) is 0 Å². The van der Waals surface area contributed by atoms with Gasteiger partial charge in [-0.15, -0.1) is 0 Å². The number of nitrogens with zero attached hydrogens (tertiary/aromatic N) is 2. The van der Waals surface area contributed by atoms with E-state index in [2.05, 4.69) is 5.32 Å². The Morgan fingerprint density at radius 3 is 2.86 bits per heavy atom. The number of anilines is 2. The van der Waals surface area contributed by atoms with Crippen molar-refractivity contribution >= 4 is 29.3 Å². The summed E-state index contributed by atoms with van der Waals surface area (Å²) in [5.74, 6) is -0.309. The molecule has 1 saturated heterocycles. The number of nitrogens with one attached hydrogen (secondary N) is 1. The molecular formula is C14H15N3O4. The first kappa shape index (κ1) is 13.4. The molecule has 2 heterocycles. The summed E-state index contributed by atoms with van der Waals surface area (Å²) in [6.07, 6.45) is -1.04. The normalized spacial score (nSPS) is 20.6. The zero-order valence-electron chi connectivity index (χ0n) is 11.8. The fraction of sp³-hybridized carbons (Fsp3) is 0.357. The van der Waals surface area contributed by atoms with E-state index in [-0.39, 0.29) is 18.4 Å². The molecule has 0 bridgehead atoms. The standard InChI is InChI=1S/C14H15N3O4/c1-15-13(19)11-7-17(14(20)21-11)9-3-4-10-8(5-9)6-12(18)16(10)2/h3-5,11H,6-7H2,1-2H3,(H,15,19)/t11-/m1/s1. The van der Waals surface area contributed by atoms with Crippen LogP contribution in [0.15, 0.2) is 18.2 Å². The fourth-order valence-electron chi connectivity index (χ4n) is 2.60. The number of cyclic esters (lactones) is 1. The Morgan fingerprint density at radius 1 is 1.38 bits per heavy atom. The molecule has 1 N–H and O–H groups in total. The van der Waals surface area contributed by atoms with E-state index in [0.29, 0.717) is 12.1 Å². The molecule has 0 aliphatic carbocycles. The molecule has 0 unspecified atom stereocenters. The van der Waals surface area contributed by atoms with E-state index >= 15 is 0 Å². The van der Waals surface area contributed by atoms with Gasteiger partial charge in [-0.3, -0.25) is 14.5 Å². The Bertz CT molecular complexity index is 643. The number of ether oxygens (including phenoxy) is 1. The molecule has 1 aromatic rings. The maximum absolute atomic E-state index is 11.9. The highest BCUT2D eigenvalue weighted by molar-refractivity contribution is 6.02. The SMILES string of the molecule is CNC(=O)[C@H]1CN(c2ccc3c(c2)CC(=O)N3C)C(=O)O1. The second-order valence-corrected chi connectivity index (χ2v) is 5.04. The smallest absolute Gasteiger partial charge is 0.415 e. The van der Waals surface area contributed by atoms with Crippen LogP contribution in [0.4, 0.5) is 16.2 Å². The van der Waals surface area contributed by atoms with Crippen LogP contribution in [0.1, 0.15) is 5.56 Å². The van der Waals surface area contributed by atoms with Gasteiger partial charge in [0, 0.05) is 25.5 Å². The summed E-state index contributed by atoms with van der Waals surface area (Å²) in [4.78, 5) is 38.1. The topological polar surface area (TPSA) is 79.0 Å². The van der Waals surface area contributed by atoms with Crippen molar-refractivity contribution in [1.29, 1.82) is 0 Å². The fourth-order valence-corrected chi connectivity index (χ4v) is 2.60. The molecule has 0 saturated carbocycles. The highest BCUT2D eigenvalue weighted by Gasteiger charge is 2.37. The van der Waals surface area contributed by atoms with Gasteiger partial charge in [0.1, 0.15) is 0 Å². The summed E-state index contributed by atoms with van der Waals surface area (Å²) in [6.45, 7) is 0.168. The predicted octanol–water partition coefficient (Wildman–Crippen LogP) is 0.277. The lowest BCUT2D eigenvalue weighted by Crippen LogP contribution is -2.35. The minimum Gasteiger partial charge on any atom is -0.434 e. The Hall–Kier alpha value is -2.57. The lowest BCUT2D eigenvalue weighted by Gasteiger charge is -2.15. The van der Waals surface area contributed by atoms with E-state index in [1.54, 1.807) is 30.1 Å². The van der Waals surface area contributed by atoms with Crippen molar-refractivity contribution in [1.82, 2.24) is 5.32 Å². The molecule has 21 heavy (non-hydrogen) atoms. The number of likely N-dealkylation sites (N-methyl/N-ethyl adjacent to an activating group) is 2. The summed E-state index contributed by atoms with van der Waals surface area (Å²) in [5, 5.41) is 2.46. The Morgan fingerprint density at radius 2 is 2.14 bits per heavy atom. The molecule has 1 atom stereocenters. The molecule has 3 amide bonds. The minimum atomic E-state index is -0.805. The van der Waals surface area contributed by atoms with Gasteiger partial charge in [0.25, 0.3) is 5.91 Å². The summed E-state index contributed by atoms with van der Waals surface area (Å²) < 4.78 is 5.04. The molecule has 3 rings (SSSR count). The summed E-state index contributed by atoms with van der Waals surface area (Å²) in [5.41, 5.74) is 2.35. The highest BCUT2D eigenvalue weighted by atomic mass is 16.6. The number of amides is 3. The number of hydrogen-bond acceptors (Lipinski definition) is 4. The van der Waals surface area contributed by atoms with Gasteiger partial charge in [0.05, 0.1) is 13.0 Å². The van der Waals surface area contributed by atoms with Gasteiger partial charge < -0.3 is 15.0 Å². The van der Waals surface area contributed by atoms with Gasteiger partial charge in [0.15, 0.2) is 6.10 Å². The zero-order chi connectivity index (χ0) is 15.1. The number of carbonyl (C=O) groups is 3. The van der Waals surface area contributed by atoms with Crippen molar-refractivity contribution in [3.05, 3.63) is 23.8 Å². The Kier molecular flexibility index (Phi) is 3.04. The van der Waals surface area contributed by atoms with Crippen LogP contribution in [0.5, 0.6) is 0 Å². The van der Waals surface area contributed by atoms with Crippen LogP contribution in [-0.4, -0.2) is 44.7 Å². The van der Waals surface area contributed by atoms with Crippen molar-refractivity contribution in [3.63, 3.8) is 0 Å². The van der Waals surface area contributed by atoms with E-state index in [4.69, 9.17) is 4.74 Å². The van der Waals surface area contributed by atoms with Crippen molar-refractivity contribution in [2.75, 3.05) is 30.4 Å². The first-order valence-corrected chi connectivity index (χ1v) is 6.60. The maximum atomic E-state index is 11.9. The van der Waals surface area contributed by atoms with Crippen LogP contribution in [-0.2, 0) is 20.7 Å². The van der Waals surface area contributed by atoms with E-state index in [0.717, 1.165) is 11.3 Å². The largest absolute Gasteiger partial charge is 0.434 e. The van der Waals surface area contributed by atoms with E-state index < -0.39 is 12.2 Å². The second kappa shape index (κ2) is 4.76. The monoisotopic (exact) mass is 289 g/mol. The van der Waals surface area contributed by atoms with Gasteiger partial charge in [-0.1, -0.05) is 0 Å². The third-order valence-corrected chi connectivity index (χ3v) is 3.80. The van der Waals surface area contributed by atoms with Gasteiger partial charge in [-0.2, -0.15) is 0 Å². The molecule has 2 aliphatic heterocycles. The molecule has 7 heteroatoms. The minimum absolute atomic E-state index is 0.0226. The lowest BCUT2D eigenvalue weighted by molar-refractivity contribution is -0.127. The van der Waals surface area contributed by atoms with Crippen molar-refractivity contribution in [2.45, 2.75) is 12.5 Å². The first-order chi connectivity index (χ1) is 10.0. The predicted molar refractivity (Wildman–Crippen MR) is 75.2 cm³/mol. The summed E-state index contributed by atoms with van der Waals surface area (Å²) >= 11 is 0. The second-order valence-electron chi connectivity index (χ2n) is 5.04. The number of rotatable bonds is 2. The van der Waals surface area contributed by atoms with Crippen LogP contribution in [0, 0.1) is 0 Å². The van der Waals surface area contributed by atoms with Crippen molar-refractivity contribution in [3.8, 4) is 0 Å². The number of carbonyl (C=O) groups excluding carboxylic acids is 3. The van der Waals surface area contributed by atoms with Crippen molar-refractivity contribution in [2.24, 2.45) is 0 Å². The third kappa shape index (κ3) is 2.10. The van der Waals surface area contributed by atoms with Gasteiger partial charge in [0.2, 0.25) is 5.91 Å². The Labute approximate surface area is 121 Å². The summed E-state index contributed by atoms with van der Waals surface area (Å²) in [6, 6.07) is 5.35. The molecule has 1 aromatic carbocycles. The van der Waals surface area contributed by atoms with Gasteiger partial charge in [-0.05, 0) is 23.8 Å². The number of benzene rings is 1. The molecular weight excluding hydrogens is 274 g/mol. The zero-order valence-corrected chi connectivity index (χ0v) is 11.8. The molecule has 0 radical (unpaired) electrons. The maximum Gasteiger partial charge on any atom is 0.415 e. The Balaban J connectivity index is 1.86. The van der Waals surface area contributed by atoms with Gasteiger partial charge >= 0.3 is 6.09 Å². The molecule has 110 valence electrons. The summed E-state index contributed by atoms with van der Waals surface area (Å²) in [7, 11) is 3.22. The number of hydrogen-bond donors (Lipinski definition) is 1. The first-order valence-electron chi connectivity index (χ1n) is 6.60. The quantitative estimate of drug-likeness (QED) is 0.848. The van der Waals surface area contributed by atoms with Crippen LogP contribution < -0.4 is 15.1 Å². The number of fused-ring (bicyclic) bond motifs is 1. The lowest BCUT2D eigenvalue weighted by atomic mass is 10.1. The van der Waals surface area contributed by atoms with Crippen molar-refractivity contribution < 1.29 is 19.1 Å². The third-order valence-electron chi connectivity index (χ3n) is 3.80. The molecule has 0 spiro atoms. The van der Waals surface area contributed by atoms with Crippen LogP contribution in [0.2, 0.25) is 0 Å². The van der Waals surface area contributed by atoms with Crippen LogP contribution in [0.3, 0.4) is 0 Å². The average molecular weight is 289 g/mol. The van der Waals surface area contributed by atoms with E-state index in [9.17, 15) is 14.4 Å². The van der Waals surface area contributed by atoms with Gasteiger partial charge in [-0.25, -0.2) is 4.79 Å². The van der Waals surface area contributed by atoms with Crippen LogP contribution >= 0.6 is 0 Å².